The Bertz CT molecular complexity index is 548. The maximum Gasteiger partial charge on any atom is 0.297 e. The minimum Gasteiger partial charge on any atom is -0.382 e. The molecule has 0 aliphatic rings. The van der Waals surface area contributed by atoms with Crippen LogP contribution < -0.4 is 0 Å². The van der Waals surface area contributed by atoms with Crippen LogP contribution in [0.1, 0.15) is 32.8 Å². The summed E-state index contributed by atoms with van der Waals surface area (Å²) < 4.78 is 40.2. The van der Waals surface area contributed by atoms with E-state index in [1.807, 2.05) is 13.8 Å². The molecule has 0 spiro atoms. The van der Waals surface area contributed by atoms with Gasteiger partial charge in [0.2, 0.25) is 0 Å². The maximum absolute atomic E-state index is 12.1. The Balaban J connectivity index is 2.54. The first-order valence-electron chi connectivity index (χ1n) is 7.29. The van der Waals surface area contributed by atoms with E-state index in [9.17, 15) is 8.42 Å². The fourth-order valence-corrected chi connectivity index (χ4v) is 2.70. The van der Waals surface area contributed by atoms with E-state index in [1.54, 1.807) is 45.2 Å². The molecule has 0 aliphatic heterocycles. The largest absolute Gasteiger partial charge is 0.382 e. The summed E-state index contributed by atoms with van der Waals surface area (Å²) in [6.45, 7) is 7.90. The van der Waals surface area contributed by atoms with E-state index in [-0.39, 0.29) is 17.6 Å². The Hall–Kier alpha value is -0.950. The van der Waals surface area contributed by atoms with Gasteiger partial charge in [0, 0.05) is 13.7 Å². The highest BCUT2D eigenvalue weighted by molar-refractivity contribution is 7.86. The van der Waals surface area contributed by atoms with Crippen LogP contribution in [0.2, 0.25) is 0 Å². The smallest absolute Gasteiger partial charge is 0.297 e. The average Bonchev–Trinajstić information content (AvgIpc) is 2.45. The van der Waals surface area contributed by atoms with E-state index in [2.05, 4.69) is 0 Å². The van der Waals surface area contributed by atoms with Crippen molar-refractivity contribution in [1.82, 2.24) is 0 Å². The molecule has 0 aromatic heterocycles. The van der Waals surface area contributed by atoms with Gasteiger partial charge in [0.1, 0.15) is 0 Å². The van der Waals surface area contributed by atoms with Gasteiger partial charge in [-0.2, -0.15) is 8.42 Å². The summed E-state index contributed by atoms with van der Waals surface area (Å²) in [6.07, 6.45) is 0.845. The molecule has 0 amide bonds. The molecular weight excluding hydrogens is 304 g/mol. The van der Waals surface area contributed by atoms with Crippen molar-refractivity contribution in [3.05, 3.63) is 29.8 Å². The van der Waals surface area contributed by atoms with Crippen LogP contribution >= 0.6 is 0 Å². The molecule has 22 heavy (non-hydrogen) atoms. The summed E-state index contributed by atoms with van der Waals surface area (Å²) in [7, 11) is -2.12. The van der Waals surface area contributed by atoms with E-state index in [1.165, 1.54) is 0 Å². The first-order chi connectivity index (χ1) is 10.2. The first kappa shape index (κ1) is 19.1. The van der Waals surface area contributed by atoms with Crippen molar-refractivity contribution in [2.75, 3.05) is 20.3 Å². The molecule has 0 N–H and O–H groups in total. The number of hydrogen-bond donors (Lipinski definition) is 0. The zero-order valence-corrected chi connectivity index (χ0v) is 14.8. The fraction of sp³-hybridized carbons (Fsp3) is 0.625. The molecule has 1 aromatic rings. The monoisotopic (exact) mass is 330 g/mol. The van der Waals surface area contributed by atoms with E-state index < -0.39 is 15.7 Å². The minimum atomic E-state index is -3.76. The molecule has 126 valence electrons. The summed E-state index contributed by atoms with van der Waals surface area (Å²) in [5.74, 6) is 0. The summed E-state index contributed by atoms with van der Waals surface area (Å²) in [6, 6.07) is 6.56. The van der Waals surface area contributed by atoms with Crippen LogP contribution in [0.25, 0.3) is 0 Å². The Morgan fingerprint density at radius 1 is 1.18 bits per heavy atom. The van der Waals surface area contributed by atoms with E-state index in [0.717, 1.165) is 12.0 Å². The predicted molar refractivity (Wildman–Crippen MR) is 85.4 cm³/mol. The normalized spacial score (nSPS) is 14.0. The second-order valence-electron chi connectivity index (χ2n) is 5.97. The Labute approximate surface area is 133 Å². The number of hydrogen-bond acceptors (Lipinski definition) is 5. The van der Waals surface area contributed by atoms with Crippen LogP contribution in [0, 0.1) is 6.92 Å². The standard InChI is InChI=1S/C16H26O5S/c1-13-6-8-15(9-7-13)22(17,18)21-12-16(3,4)20-11-10-14(2)19-5/h6-9,14H,10-12H2,1-5H3/t14-/m1/s1. The molecule has 6 heteroatoms. The van der Waals surface area contributed by atoms with Gasteiger partial charge in [0.15, 0.2) is 0 Å². The molecular formula is C16H26O5S. The Kier molecular flexibility index (Phi) is 6.99. The van der Waals surface area contributed by atoms with Gasteiger partial charge in [-0.3, -0.25) is 4.18 Å². The van der Waals surface area contributed by atoms with Gasteiger partial charge >= 0.3 is 0 Å². The number of methoxy groups -OCH3 is 1. The first-order valence-corrected chi connectivity index (χ1v) is 8.70. The van der Waals surface area contributed by atoms with Crippen molar-refractivity contribution in [1.29, 1.82) is 0 Å². The molecule has 0 heterocycles. The SMILES string of the molecule is CO[C@H](C)CCOC(C)(C)COS(=O)(=O)c1ccc(C)cc1. The molecule has 0 radical (unpaired) electrons. The molecule has 0 saturated carbocycles. The van der Waals surface area contributed by atoms with Gasteiger partial charge in [0.05, 0.1) is 23.2 Å². The van der Waals surface area contributed by atoms with Gasteiger partial charge in [0.25, 0.3) is 10.1 Å². The van der Waals surface area contributed by atoms with Crippen LogP contribution in [-0.4, -0.2) is 40.4 Å². The van der Waals surface area contributed by atoms with E-state index in [0.29, 0.717) is 6.61 Å². The lowest BCUT2D eigenvalue weighted by Gasteiger charge is -2.25. The average molecular weight is 330 g/mol. The highest BCUT2D eigenvalue weighted by atomic mass is 32.2. The number of ether oxygens (including phenoxy) is 2. The van der Waals surface area contributed by atoms with Crippen molar-refractivity contribution in [2.45, 2.75) is 50.7 Å². The zero-order chi connectivity index (χ0) is 16.8. The van der Waals surface area contributed by atoms with Gasteiger partial charge in [-0.1, -0.05) is 17.7 Å². The predicted octanol–water partition coefficient (Wildman–Crippen LogP) is 2.92. The second kappa shape index (κ2) is 8.06. The van der Waals surface area contributed by atoms with Crippen LogP contribution in [0.5, 0.6) is 0 Å². The summed E-state index contributed by atoms with van der Waals surface area (Å²) in [5, 5.41) is 0. The Morgan fingerprint density at radius 3 is 2.32 bits per heavy atom. The van der Waals surface area contributed by atoms with E-state index >= 15 is 0 Å². The zero-order valence-electron chi connectivity index (χ0n) is 14.0. The lowest BCUT2D eigenvalue weighted by molar-refractivity contribution is -0.0569. The molecule has 0 fully saturated rings. The fourth-order valence-electron chi connectivity index (χ4n) is 1.65. The van der Waals surface area contributed by atoms with Crippen LogP contribution in [0.15, 0.2) is 29.2 Å². The molecule has 0 unspecified atom stereocenters. The van der Waals surface area contributed by atoms with Crippen molar-refractivity contribution in [3.8, 4) is 0 Å². The lowest BCUT2D eigenvalue weighted by Crippen LogP contribution is -2.33. The van der Waals surface area contributed by atoms with Gasteiger partial charge < -0.3 is 9.47 Å². The number of aryl methyl sites for hydroxylation is 1. The molecule has 1 rings (SSSR count). The number of rotatable bonds is 9. The maximum atomic E-state index is 12.1. The number of benzene rings is 1. The molecule has 5 nitrogen and oxygen atoms in total. The van der Waals surface area contributed by atoms with Crippen molar-refractivity contribution < 1.29 is 22.1 Å². The quantitative estimate of drug-likeness (QED) is 0.652. The minimum absolute atomic E-state index is 0.0371. The third kappa shape index (κ3) is 6.44. The van der Waals surface area contributed by atoms with Crippen LogP contribution in [-0.2, 0) is 23.8 Å². The topological polar surface area (TPSA) is 61.8 Å². The third-order valence-corrected chi connectivity index (χ3v) is 4.57. The summed E-state index contributed by atoms with van der Waals surface area (Å²) in [4.78, 5) is 0.155. The van der Waals surface area contributed by atoms with Gasteiger partial charge in [-0.15, -0.1) is 0 Å². The molecule has 1 atom stereocenters. The van der Waals surface area contributed by atoms with Crippen LogP contribution in [0.3, 0.4) is 0 Å². The Morgan fingerprint density at radius 2 is 1.77 bits per heavy atom. The van der Waals surface area contributed by atoms with Crippen molar-refractivity contribution in [3.63, 3.8) is 0 Å². The summed E-state index contributed by atoms with van der Waals surface area (Å²) >= 11 is 0. The molecule has 0 aliphatic carbocycles. The van der Waals surface area contributed by atoms with E-state index in [4.69, 9.17) is 13.7 Å². The lowest BCUT2D eigenvalue weighted by atomic mass is 10.1. The van der Waals surface area contributed by atoms with Gasteiger partial charge in [-0.25, -0.2) is 0 Å². The summed E-state index contributed by atoms with van der Waals surface area (Å²) in [5.41, 5.74) is 0.306. The van der Waals surface area contributed by atoms with Crippen molar-refractivity contribution >= 4 is 10.1 Å². The highest BCUT2D eigenvalue weighted by Gasteiger charge is 2.24. The second-order valence-corrected chi connectivity index (χ2v) is 7.59. The molecule has 0 bridgehead atoms. The van der Waals surface area contributed by atoms with Crippen molar-refractivity contribution in [2.24, 2.45) is 0 Å². The van der Waals surface area contributed by atoms with Crippen LogP contribution in [0.4, 0.5) is 0 Å². The van der Waals surface area contributed by atoms with Gasteiger partial charge in [-0.05, 0) is 46.2 Å². The molecule has 1 aromatic carbocycles. The third-order valence-electron chi connectivity index (χ3n) is 3.29. The highest BCUT2D eigenvalue weighted by Crippen LogP contribution is 2.18. The molecule has 0 saturated heterocycles.